The largest absolute Gasteiger partial charge is 0.384 e. The smallest absolute Gasteiger partial charge is 0.0593 e. The van der Waals surface area contributed by atoms with E-state index < -0.39 is 0 Å². The van der Waals surface area contributed by atoms with Crippen molar-refractivity contribution in [3.8, 4) is 0 Å². The van der Waals surface area contributed by atoms with Crippen LogP contribution >= 0.6 is 0 Å². The van der Waals surface area contributed by atoms with Crippen molar-refractivity contribution in [3.63, 3.8) is 0 Å². The van der Waals surface area contributed by atoms with Crippen molar-refractivity contribution < 1.29 is 9.47 Å². The Morgan fingerprint density at radius 3 is 2.88 bits per heavy atom. The van der Waals surface area contributed by atoms with E-state index in [1.807, 2.05) is 0 Å². The summed E-state index contributed by atoms with van der Waals surface area (Å²) in [6, 6.07) is 0. The minimum Gasteiger partial charge on any atom is -0.384 e. The van der Waals surface area contributed by atoms with Crippen LogP contribution < -0.4 is 0 Å². The highest BCUT2D eigenvalue weighted by Gasteiger charge is 2.19. The number of hydrogen-bond donors (Lipinski definition) is 0. The summed E-state index contributed by atoms with van der Waals surface area (Å²) in [7, 11) is 1.80. The predicted molar refractivity (Wildman–Crippen MR) is 66.7 cm³/mol. The first-order chi connectivity index (χ1) is 7.72. The summed E-state index contributed by atoms with van der Waals surface area (Å²) in [5.41, 5.74) is 0. The molecule has 3 nitrogen and oxygen atoms in total. The van der Waals surface area contributed by atoms with Gasteiger partial charge in [0.1, 0.15) is 0 Å². The number of ether oxygens (including phenoxy) is 2. The molecule has 1 fully saturated rings. The Kier molecular flexibility index (Phi) is 7.01. The first kappa shape index (κ1) is 13.9. The van der Waals surface area contributed by atoms with Crippen LogP contribution in [-0.2, 0) is 9.47 Å². The molecule has 0 amide bonds. The van der Waals surface area contributed by atoms with E-state index in [-0.39, 0.29) is 0 Å². The molecule has 1 aliphatic heterocycles. The standard InChI is InChI=1S/C13H27NO2/c1-12(2)10-16-8-7-14-6-4-5-13(9-14)11-15-3/h12-13H,4-11H2,1-3H3. The van der Waals surface area contributed by atoms with Gasteiger partial charge in [0, 0.05) is 26.8 Å². The molecule has 0 N–H and O–H groups in total. The van der Waals surface area contributed by atoms with E-state index in [9.17, 15) is 0 Å². The van der Waals surface area contributed by atoms with Crippen LogP contribution in [0.2, 0.25) is 0 Å². The molecule has 0 spiro atoms. The van der Waals surface area contributed by atoms with Crippen LogP contribution in [0, 0.1) is 11.8 Å². The second-order valence-electron chi connectivity index (χ2n) is 5.23. The molecule has 0 aromatic carbocycles. The fourth-order valence-corrected chi connectivity index (χ4v) is 2.24. The third kappa shape index (κ3) is 5.83. The molecule has 0 saturated carbocycles. The zero-order valence-corrected chi connectivity index (χ0v) is 11.1. The van der Waals surface area contributed by atoms with Crippen LogP contribution in [0.5, 0.6) is 0 Å². The van der Waals surface area contributed by atoms with Gasteiger partial charge in [-0.05, 0) is 31.2 Å². The van der Waals surface area contributed by atoms with Gasteiger partial charge in [0.25, 0.3) is 0 Å². The minimum absolute atomic E-state index is 0.641. The molecule has 1 saturated heterocycles. The van der Waals surface area contributed by atoms with Crippen molar-refractivity contribution in [2.24, 2.45) is 11.8 Å². The van der Waals surface area contributed by atoms with Gasteiger partial charge in [0.15, 0.2) is 0 Å². The summed E-state index contributed by atoms with van der Waals surface area (Å²) in [6.07, 6.45) is 2.62. The normalized spacial score (nSPS) is 22.9. The number of methoxy groups -OCH3 is 1. The SMILES string of the molecule is COCC1CCCN(CCOCC(C)C)C1. The molecule has 0 aliphatic carbocycles. The van der Waals surface area contributed by atoms with Gasteiger partial charge < -0.3 is 14.4 Å². The van der Waals surface area contributed by atoms with Crippen LogP contribution in [0.1, 0.15) is 26.7 Å². The third-order valence-electron chi connectivity index (χ3n) is 3.01. The van der Waals surface area contributed by atoms with Gasteiger partial charge in [0.05, 0.1) is 13.2 Å². The van der Waals surface area contributed by atoms with Crippen molar-refractivity contribution >= 4 is 0 Å². The zero-order chi connectivity index (χ0) is 11.8. The molecule has 0 aromatic heterocycles. The Labute approximate surface area is 100 Å². The lowest BCUT2D eigenvalue weighted by Crippen LogP contribution is -2.39. The summed E-state index contributed by atoms with van der Waals surface area (Å²) >= 11 is 0. The van der Waals surface area contributed by atoms with Gasteiger partial charge in [0.2, 0.25) is 0 Å². The number of rotatable bonds is 7. The van der Waals surface area contributed by atoms with E-state index in [4.69, 9.17) is 9.47 Å². The lowest BCUT2D eigenvalue weighted by Gasteiger charge is -2.32. The molecular formula is C13H27NO2. The average Bonchev–Trinajstić information content (AvgIpc) is 2.25. The summed E-state index contributed by atoms with van der Waals surface area (Å²) in [4.78, 5) is 2.51. The van der Waals surface area contributed by atoms with Crippen LogP contribution in [0.15, 0.2) is 0 Å². The van der Waals surface area contributed by atoms with Gasteiger partial charge >= 0.3 is 0 Å². The van der Waals surface area contributed by atoms with Crippen LogP contribution in [-0.4, -0.2) is 51.5 Å². The summed E-state index contributed by atoms with van der Waals surface area (Å²) < 4.78 is 10.8. The van der Waals surface area contributed by atoms with E-state index in [0.717, 1.165) is 32.3 Å². The van der Waals surface area contributed by atoms with Crippen molar-refractivity contribution in [2.45, 2.75) is 26.7 Å². The fourth-order valence-electron chi connectivity index (χ4n) is 2.24. The number of nitrogens with zero attached hydrogens (tertiary/aromatic N) is 1. The van der Waals surface area contributed by atoms with Gasteiger partial charge in [-0.1, -0.05) is 13.8 Å². The first-order valence-electron chi connectivity index (χ1n) is 6.51. The average molecular weight is 229 g/mol. The maximum absolute atomic E-state index is 5.62. The monoisotopic (exact) mass is 229 g/mol. The fraction of sp³-hybridized carbons (Fsp3) is 1.00. The summed E-state index contributed by atoms with van der Waals surface area (Å²) in [5.74, 6) is 1.37. The molecule has 0 bridgehead atoms. The van der Waals surface area contributed by atoms with Crippen molar-refractivity contribution in [1.82, 2.24) is 4.90 Å². The first-order valence-corrected chi connectivity index (χ1v) is 6.51. The van der Waals surface area contributed by atoms with Crippen LogP contribution in [0.25, 0.3) is 0 Å². The maximum atomic E-state index is 5.62. The highest BCUT2D eigenvalue weighted by Crippen LogP contribution is 2.16. The third-order valence-corrected chi connectivity index (χ3v) is 3.01. The van der Waals surface area contributed by atoms with Crippen molar-refractivity contribution in [1.29, 1.82) is 0 Å². The molecule has 1 unspecified atom stereocenters. The molecule has 96 valence electrons. The molecule has 1 rings (SSSR count). The van der Waals surface area contributed by atoms with Gasteiger partial charge in [-0.3, -0.25) is 0 Å². The second-order valence-corrected chi connectivity index (χ2v) is 5.23. The molecule has 1 atom stereocenters. The maximum Gasteiger partial charge on any atom is 0.0593 e. The minimum atomic E-state index is 0.641. The van der Waals surface area contributed by atoms with Crippen molar-refractivity contribution in [2.75, 3.05) is 46.6 Å². The highest BCUT2D eigenvalue weighted by atomic mass is 16.5. The van der Waals surface area contributed by atoms with Gasteiger partial charge in [-0.2, -0.15) is 0 Å². The quantitative estimate of drug-likeness (QED) is 0.623. The van der Waals surface area contributed by atoms with E-state index in [2.05, 4.69) is 18.7 Å². The number of piperidine rings is 1. The summed E-state index contributed by atoms with van der Waals surface area (Å²) in [5, 5.41) is 0. The second kappa shape index (κ2) is 8.04. The molecule has 0 radical (unpaired) electrons. The van der Waals surface area contributed by atoms with Gasteiger partial charge in [-0.25, -0.2) is 0 Å². The molecule has 0 aromatic rings. The number of likely N-dealkylation sites (tertiary alicyclic amines) is 1. The Bertz CT molecular complexity index is 171. The van der Waals surface area contributed by atoms with E-state index in [1.165, 1.54) is 25.9 Å². The number of hydrogen-bond acceptors (Lipinski definition) is 3. The molecule has 1 aliphatic rings. The Balaban J connectivity index is 2.07. The Morgan fingerprint density at radius 1 is 1.38 bits per heavy atom. The highest BCUT2D eigenvalue weighted by molar-refractivity contribution is 4.72. The zero-order valence-electron chi connectivity index (χ0n) is 11.1. The van der Waals surface area contributed by atoms with Crippen LogP contribution in [0.3, 0.4) is 0 Å². The molecule has 3 heteroatoms. The Hall–Kier alpha value is -0.120. The van der Waals surface area contributed by atoms with Gasteiger partial charge in [-0.15, -0.1) is 0 Å². The molecule has 1 heterocycles. The lowest BCUT2D eigenvalue weighted by atomic mass is 9.99. The predicted octanol–water partition coefficient (Wildman–Crippen LogP) is 2.02. The molecular weight excluding hydrogens is 202 g/mol. The molecule has 16 heavy (non-hydrogen) atoms. The lowest BCUT2D eigenvalue weighted by molar-refractivity contribution is 0.0535. The van der Waals surface area contributed by atoms with E-state index in [1.54, 1.807) is 7.11 Å². The Morgan fingerprint density at radius 2 is 2.19 bits per heavy atom. The van der Waals surface area contributed by atoms with Crippen LogP contribution in [0.4, 0.5) is 0 Å². The topological polar surface area (TPSA) is 21.7 Å². The van der Waals surface area contributed by atoms with E-state index >= 15 is 0 Å². The van der Waals surface area contributed by atoms with Crippen molar-refractivity contribution in [3.05, 3.63) is 0 Å². The van der Waals surface area contributed by atoms with E-state index in [0.29, 0.717) is 5.92 Å². The summed E-state index contributed by atoms with van der Waals surface area (Å²) in [6.45, 7) is 10.5.